The number of hydrogen-bond acceptors (Lipinski definition) is 7. The van der Waals surface area contributed by atoms with Gasteiger partial charge in [0.05, 0.1) is 33.0 Å². The Morgan fingerprint density at radius 2 is 1.32 bits per heavy atom. The second-order valence-corrected chi connectivity index (χ2v) is 9.59. The van der Waals surface area contributed by atoms with E-state index in [4.69, 9.17) is 28.1 Å². The zero-order chi connectivity index (χ0) is 24.3. The van der Waals surface area contributed by atoms with Gasteiger partial charge in [0.2, 0.25) is 0 Å². The number of benzene rings is 2. The minimum atomic E-state index is -3.93. The second kappa shape index (κ2) is 17.9. The summed E-state index contributed by atoms with van der Waals surface area (Å²) in [6, 6.07) is 13.3. The molecule has 2 aromatic rings. The van der Waals surface area contributed by atoms with Gasteiger partial charge in [-0.25, -0.2) is 4.57 Å². The van der Waals surface area contributed by atoms with Crippen molar-refractivity contribution in [2.24, 2.45) is 0 Å². The van der Waals surface area contributed by atoms with Crippen LogP contribution in [0.5, 0.6) is 5.75 Å². The molecule has 8 heteroatoms. The van der Waals surface area contributed by atoms with Gasteiger partial charge in [-0.3, -0.25) is 9.05 Å². The van der Waals surface area contributed by atoms with Crippen molar-refractivity contribution >= 4 is 18.6 Å². The summed E-state index contributed by atoms with van der Waals surface area (Å²) in [5.41, 5.74) is 0. The molecule has 0 amide bonds. The highest BCUT2D eigenvalue weighted by Gasteiger charge is 2.29. The smallest absolute Gasteiger partial charge is 0.379 e. The van der Waals surface area contributed by atoms with Crippen molar-refractivity contribution in [1.29, 1.82) is 0 Å². The molecule has 0 aliphatic carbocycles. The molecule has 7 nitrogen and oxygen atoms in total. The van der Waals surface area contributed by atoms with E-state index in [1.54, 1.807) is 6.07 Å². The minimum Gasteiger partial charge on any atom is -0.379 e. The van der Waals surface area contributed by atoms with Crippen LogP contribution in [0.25, 0.3) is 10.8 Å². The molecule has 0 aliphatic rings. The van der Waals surface area contributed by atoms with Crippen molar-refractivity contribution in [3.05, 3.63) is 42.5 Å². The van der Waals surface area contributed by atoms with Crippen molar-refractivity contribution in [3.63, 3.8) is 0 Å². The SMILES string of the molecule is CCCCCCCCCCOP(=O)(OCCOCCOCC)OOc1cccc2ccccc12. The molecule has 1 unspecified atom stereocenters. The first kappa shape index (κ1) is 28.8. The normalized spacial score (nSPS) is 13.2. The average molecular weight is 497 g/mol. The molecule has 2 rings (SSSR count). The lowest BCUT2D eigenvalue weighted by Crippen LogP contribution is -2.11. The van der Waals surface area contributed by atoms with E-state index in [1.807, 2.05) is 43.3 Å². The van der Waals surface area contributed by atoms with E-state index in [9.17, 15) is 4.57 Å². The maximum absolute atomic E-state index is 13.2. The molecule has 0 fully saturated rings. The van der Waals surface area contributed by atoms with Crippen molar-refractivity contribution in [3.8, 4) is 5.75 Å². The fourth-order valence-electron chi connectivity index (χ4n) is 3.42. The molecule has 0 saturated carbocycles. The van der Waals surface area contributed by atoms with Gasteiger partial charge in [0.15, 0.2) is 5.75 Å². The van der Waals surface area contributed by atoms with Crippen molar-refractivity contribution in [2.45, 2.75) is 65.2 Å². The Morgan fingerprint density at radius 3 is 2.12 bits per heavy atom. The number of unbranched alkanes of at least 4 members (excludes halogenated alkanes) is 7. The van der Waals surface area contributed by atoms with Gasteiger partial charge in [0.1, 0.15) is 0 Å². The van der Waals surface area contributed by atoms with Gasteiger partial charge in [-0.2, -0.15) is 0 Å². The summed E-state index contributed by atoms with van der Waals surface area (Å²) < 4.78 is 40.1. The van der Waals surface area contributed by atoms with Gasteiger partial charge >= 0.3 is 7.82 Å². The first-order valence-electron chi connectivity index (χ1n) is 12.6. The first-order chi connectivity index (χ1) is 16.7. The van der Waals surface area contributed by atoms with E-state index in [1.165, 1.54) is 32.1 Å². The minimum absolute atomic E-state index is 0.0553. The standard InChI is InChI=1S/C26H41O7P/c1-3-5-6-7-8-9-10-13-19-30-34(27,31-23-22-29-21-20-28-4-2)33-32-26-18-14-16-24-15-11-12-17-25(24)26/h11-12,14-18H,3-10,13,19-23H2,1-2H3. The van der Waals surface area contributed by atoms with Gasteiger partial charge in [-0.1, -0.05) is 92.9 Å². The van der Waals surface area contributed by atoms with E-state index in [2.05, 4.69) is 6.92 Å². The molecule has 0 saturated heterocycles. The van der Waals surface area contributed by atoms with Crippen LogP contribution in [0.2, 0.25) is 0 Å². The lowest BCUT2D eigenvalue weighted by molar-refractivity contribution is -0.132. The van der Waals surface area contributed by atoms with Crippen molar-refractivity contribution < 1.29 is 32.6 Å². The molecule has 0 radical (unpaired) electrons. The number of fused-ring (bicyclic) bond motifs is 1. The van der Waals surface area contributed by atoms with Gasteiger partial charge < -0.3 is 14.4 Å². The van der Waals surface area contributed by atoms with Crippen LogP contribution in [0.15, 0.2) is 42.5 Å². The summed E-state index contributed by atoms with van der Waals surface area (Å²) in [5, 5.41) is 1.83. The summed E-state index contributed by atoms with van der Waals surface area (Å²) >= 11 is 0. The van der Waals surface area contributed by atoms with Crippen LogP contribution in [-0.4, -0.2) is 39.6 Å². The largest absolute Gasteiger partial charge is 0.511 e. The molecule has 2 aromatic carbocycles. The average Bonchev–Trinajstić information content (AvgIpc) is 2.86. The molecule has 0 heterocycles. The van der Waals surface area contributed by atoms with Crippen LogP contribution in [0.1, 0.15) is 65.2 Å². The summed E-state index contributed by atoms with van der Waals surface area (Å²) in [5.74, 6) is 0.450. The Labute approximate surface area is 204 Å². The molecule has 1 atom stereocenters. The van der Waals surface area contributed by atoms with E-state index < -0.39 is 7.82 Å². The van der Waals surface area contributed by atoms with E-state index >= 15 is 0 Å². The van der Waals surface area contributed by atoms with Crippen molar-refractivity contribution in [1.82, 2.24) is 0 Å². The summed E-state index contributed by atoms with van der Waals surface area (Å²) in [6.07, 6.45) is 9.26. The van der Waals surface area contributed by atoms with Crippen molar-refractivity contribution in [2.75, 3.05) is 39.6 Å². The molecule has 0 aromatic heterocycles. The number of hydrogen-bond donors (Lipinski definition) is 0. The quantitative estimate of drug-likeness (QED) is 0.0767. The van der Waals surface area contributed by atoms with E-state index in [0.29, 0.717) is 25.6 Å². The third kappa shape index (κ3) is 11.8. The Morgan fingerprint density at radius 1 is 0.676 bits per heavy atom. The lowest BCUT2D eigenvalue weighted by Gasteiger charge is -2.17. The van der Waals surface area contributed by atoms with E-state index in [0.717, 1.165) is 30.0 Å². The Kier molecular flexibility index (Phi) is 15.1. The van der Waals surface area contributed by atoms with Crippen LogP contribution in [0.4, 0.5) is 0 Å². The highest BCUT2D eigenvalue weighted by atomic mass is 31.2. The predicted octanol–water partition coefficient (Wildman–Crippen LogP) is 7.49. The third-order valence-corrected chi connectivity index (χ3v) is 6.52. The molecule has 0 spiro atoms. The topological polar surface area (TPSA) is 72.5 Å². The number of phosphoric acid groups is 1. The zero-order valence-electron chi connectivity index (χ0n) is 20.7. The van der Waals surface area contributed by atoms with Gasteiger partial charge in [0, 0.05) is 12.0 Å². The van der Waals surface area contributed by atoms with Crippen LogP contribution < -0.4 is 4.89 Å². The van der Waals surface area contributed by atoms with Gasteiger partial charge in [-0.15, -0.1) is 0 Å². The third-order valence-electron chi connectivity index (χ3n) is 5.27. The molecular weight excluding hydrogens is 455 g/mol. The first-order valence-corrected chi connectivity index (χ1v) is 14.0. The van der Waals surface area contributed by atoms with Crippen LogP contribution in [-0.2, 0) is 27.8 Å². The predicted molar refractivity (Wildman–Crippen MR) is 135 cm³/mol. The fourth-order valence-corrected chi connectivity index (χ4v) is 4.40. The molecule has 192 valence electrons. The molecular formula is C26H41O7P. The number of rotatable bonds is 21. The second-order valence-electron chi connectivity index (χ2n) is 8.03. The van der Waals surface area contributed by atoms with E-state index in [-0.39, 0.29) is 19.8 Å². The monoisotopic (exact) mass is 496 g/mol. The van der Waals surface area contributed by atoms with Crippen LogP contribution in [0.3, 0.4) is 0 Å². The van der Waals surface area contributed by atoms with Crippen LogP contribution >= 0.6 is 7.82 Å². The van der Waals surface area contributed by atoms with Gasteiger partial charge in [0.25, 0.3) is 0 Å². The summed E-state index contributed by atoms with van der Waals surface area (Å²) in [6.45, 7) is 6.30. The molecule has 0 bridgehead atoms. The zero-order valence-corrected chi connectivity index (χ0v) is 21.6. The number of ether oxygens (including phenoxy) is 2. The maximum atomic E-state index is 13.2. The molecule has 0 aliphatic heterocycles. The molecule has 0 N–H and O–H groups in total. The Balaban J connectivity index is 1.81. The summed E-state index contributed by atoms with van der Waals surface area (Å²) in [7, 11) is -3.93. The highest BCUT2D eigenvalue weighted by molar-refractivity contribution is 7.48. The Bertz CT molecular complexity index is 824. The molecule has 34 heavy (non-hydrogen) atoms. The highest BCUT2D eigenvalue weighted by Crippen LogP contribution is 2.50. The van der Waals surface area contributed by atoms with Gasteiger partial charge in [-0.05, 0) is 24.8 Å². The summed E-state index contributed by atoms with van der Waals surface area (Å²) in [4.78, 5) is 5.45. The fraction of sp³-hybridized carbons (Fsp3) is 0.615. The Hall–Kier alpha value is -1.47. The van der Waals surface area contributed by atoms with Crippen LogP contribution in [0, 0.1) is 0 Å². The lowest BCUT2D eigenvalue weighted by atomic mass is 10.1. The maximum Gasteiger partial charge on any atom is 0.511 e. The number of phosphoric ester groups is 1.